The van der Waals surface area contributed by atoms with E-state index in [2.05, 4.69) is 15.0 Å². The van der Waals surface area contributed by atoms with Crippen molar-refractivity contribution in [2.75, 3.05) is 39.4 Å². The molecule has 0 bridgehead atoms. The highest BCUT2D eigenvalue weighted by Gasteiger charge is 2.27. The topological polar surface area (TPSA) is 97.7 Å². The Balaban J connectivity index is 1.60. The molecule has 0 saturated carbocycles. The monoisotopic (exact) mass is 295 g/mol. The minimum Gasteiger partial charge on any atom is -0.379 e. The number of amides is 2. The molecule has 8 heteroatoms. The Morgan fingerprint density at radius 3 is 2.90 bits per heavy atom. The molecular formula is C13H21N5O3. The normalized spacial score (nSPS) is 24.2. The molecule has 1 aromatic heterocycles. The number of rotatable bonds is 3. The first kappa shape index (κ1) is 14.3. The summed E-state index contributed by atoms with van der Waals surface area (Å²) in [5, 5.41) is 4.05. The van der Waals surface area contributed by atoms with E-state index in [1.54, 1.807) is 4.90 Å². The lowest BCUT2D eigenvalue weighted by Crippen LogP contribution is -2.42. The van der Waals surface area contributed by atoms with E-state index in [4.69, 9.17) is 15.0 Å². The second-order valence-electron chi connectivity index (χ2n) is 5.56. The molecule has 2 aliphatic rings. The predicted molar refractivity (Wildman–Crippen MR) is 73.5 cm³/mol. The van der Waals surface area contributed by atoms with Crippen LogP contribution in [0.5, 0.6) is 0 Å². The minimum absolute atomic E-state index is 0.0946. The number of hydrogen-bond acceptors (Lipinski definition) is 6. The van der Waals surface area contributed by atoms with Crippen LogP contribution >= 0.6 is 0 Å². The molecule has 1 atom stereocenters. The van der Waals surface area contributed by atoms with Crippen molar-refractivity contribution in [3.63, 3.8) is 0 Å². The number of aromatic nitrogens is 2. The summed E-state index contributed by atoms with van der Waals surface area (Å²) in [7, 11) is 0. The van der Waals surface area contributed by atoms with Gasteiger partial charge in [0.25, 0.3) is 0 Å². The fraction of sp³-hybridized carbons (Fsp3) is 0.769. The molecule has 1 aromatic rings. The molecule has 21 heavy (non-hydrogen) atoms. The van der Waals surface area contributed by atoms with Gasteiger partial charge in [-0.2, -0.15) is 4.98 Å². The van der Waals surface area contributed by atoms with Gasteiger partial charge in [0.1, 0.15) is 0 Å². The van der Waals surface area contributed by atoms with Crippen LogP contribution in [0.3, 0.4) is 0 Å². The Morgan fingerprint density at radius 1 is 1.33 bits per heavy atom. The fourth-order valence-corrected chi connectivity index (χ4v) is 2.84. The van der Waals surface area contributed by atoms with Crippen molar-refractivity contribution in [3.05, 3.63) is 11.7 Å². The molecule has 0 radical (unpaired) electrons. The lowest BCUT2D eigenvalue weighted by Gasteiger charge is -2.29. The van der Waals surface area contributed by atoms with E-state index in [9.17, 15) is 4.79 Å². The van der Waals surface area contributed by atoms with Crippen molar-refractivity contribution in [1.29, 1.82) is 0 Å². The van der Waals surface area contributed by atoms with Crippen LogP contribution in [0.15, 0.2) is 4.52 Å². The number of likely N-dealkylation sites (tertiary alicyclic amines) is 1. The summed E-state index contributed by atoms with van der Waals surface area (Å²) >= 11 is 0. The smallest absolute Gasteiger partial charge is 0.314 e. The number of ether oxygens (including phenoxy) is 1. The number of primary amides is 1. The SMILES string of the molecule is NC(=O)N1CCC[C@@H](c2nc(CN3CCOCC3)no2)C1. The average Bonchev–Trinajstić information content (AvgIpc) is 2.97. The summed E-state index contributed by atoms with van der Waals surface area (Å²) in [6, 6.07) is -0.382. The van der Waals surface area contributed by atoms with E-state index in [0.717, 1.165) is 39.1 Å². The Kier molecular flexibility index (Phi) is 4.35. The van der Waals surface area contributed by atoms with Crippen LogP contribution in [0.2, 0.25) is 0 Å². The standard InChI is InChI=1S/C13H21N5O3/c14-13(19)18-3-1-2-10(8-18)12-15-11(16-21-12)9-17-4-6-20-7-5-17/h10H,1-9H2,(H2,14,19)/t10-/m1/s1. The molecule has 3 heterocycles. The first-order chi connectivity index (χ1) is 10.2. The van der Waals surface area contributed by atoms with Crippen LogP contribution < -0.4 is 5.73 Å². The van der Waals surface area contributed by atoms with Crippen LogP contribution in [-0.2, 0) is 11.3 Å². The highest BCUT2D eigenvalue weighted by atomic mass is 16.5. The van der Waals surface area contributed by atoms with Gasteiger partial charge in [0.2, 0.25) is 5.89 Å². The first-order valence-corrected chi connectivity index (χ1v) is 7.39. The third-order valence-corrected chi connectivity index (χ3v) is 4.03. The Hall–Kier alpha value is -1.67. The van der Waals surface area contributed by atoms with Gasteiger partial charge in [-0.1, -0.05) is 5.16 Å². The number of nitrogens with two attached hydrogens (primary N) is 1. The second-order valence-corrected chi connectivity index (χ2v) is 5.56. The third kappa shape index (κ3) is 3.51. The largest absolute Gasteiger partial charge is 0.379 e. The molecule has 0 aliphatic carbocycles. The number of hydrogen-bond donors (Lipinski definition) is 1. The molecule has 0 unspecified atom stereocenters. The third-order valence-electron chi connectivity index (χ3n) is 4.03. The molecule has 2 amide bonds. The van der Waals surface area contributed by atoms with Gasteiger partial charge in [-0.05, 0) is 12.8 Å². The van der Waals surface area contributed by atoms with E-state index >= 15 is 0 Å². The van der Waals surface area contributed by atoms with Crippen molar-refractivity contribution in [2.45, 2.75) is 25.3 Å². The molecule has 0 spiro atoms. The number of morpholine rings is 1. The highest BCUT2D eigenvalue weighted by Crippen LogP contribution is 2.25. The summed E-state index contributed by atoms with van der Waals surface area (Å²) in [6.45, 7) is 5.24. The fourth-order valence-electron chi connectivity index (χ4n) is 2.84. The lowest BCUT2D eigenvalue weighted by atomic mass is 9.98. The van der Waals surface area contributed by atoms with Gasteiger partial charge in [-0.25, -0.2) is 4.79 Å². The molecule has 2 aliphatic heterocycles. The van der Waals surface area contributed by atoms with Gasteiger partial charge in [-0.15, -0.1) is 0 Å². The Labute approximate surface area is 123 Å². The van der Waals surface area contributed by atoms with Crippen molar-refractivity contribution >= 4 is 6.03 Å². The molecular weight excluding hydrogens is 274 g/mol. The van der Waals surface area contributed by atoms with Crippen molar-refractivity contribution in [2.24, 2.45) is 5.73 Å². The average molecular weight is 295 g/mol. The first-order valence-electron chi connectivity index (χ1n) is 7.39. The summed E-state index contributed by atoms with van der Waals surface area (Å²) in [6.07, 6.45) is 1.86. The Morgan fingerprint density at radius 2 is 2.14 bits per heavy atom. The highest BCUT2D eigenvalue weighted by molar-refractivity contribution is 5.72. The molecule has 3 rings (SSSR count). The van der Waals surface area contributed by atoms with Gasteiger partial charge >= 0.3 is 6.03 Å². The lowest BCUT2D eigenvalue weighted by molar-refractivity contribution is 0.0327. The molecule has 8 nitrogen and oxygen atoms in total. The Bertz CT molecular complexity index is 486. The summed E-state index contributed by atoms with van der Waals surface area (Å²) in [5.41, 5.74) is 5.34. The van der Waals surface area contributed by atoms with Crippen LogP contribution in [0, 0.1) is 0 Å². The maximum Gasteiger partial charge on any atom is 0.314 e. The van der Waals surface area contributed by atoms with Crippen LogP contribution in [0.4, 0.5) is 4.79 Å². The number of nitrogens with zero attached hydrogens (tertiary/aromatic N) is 4. The van der Waals surface area contributed by atoms with E-state index in [0.29, 0.717) is 31.3 Å². The van der Waals surface area contributed by atoms with E-state index in [-0.39, 0.29) is 11.9 Å². The van der Waals surface area contributed by atoms with E-state index in [1.165, 1.54) is 0 Å². The van der Waals surface area contributed by atoms with Gasteiger partial charge in [0.05, 0.1) is 25.7 Å². The van der Waals surface area contributed by atoms with Crippen molar-refractivity contribution in [3.8, 4) is 0 Å². The quantitative estimate of drug-likeness (QED) is 0.853. The maximum absolute atomic E-state index is 11.3. The van der Waals surface area contributed by atoms with Gasteiger partial charge in [0, 0.05) is 26.2 Å². The summed E-state index contributed by atoms with van der Waals surface area (Å²) < 4.78 is 10.7. The van der Waals surface area contributed by atoms with E-state index in [1.807, 2.05) is 0 Å². The van der Waals surface area contributed by atoms with Crippen LogP contribution in [-0.4, -0.2) is 65.4 Å². The van der Waals surface area contributed by atoms with Gasteiger partial charge in [0.15, 0.2) is 5.82 Å². The minimum atomic E-state index is -0.382. The molecule has 2 saturated heterocycles. The van der Waals surface area contributed by atoms with Gasteiger partial charge in [-0.3, -0.25) is 4.90 Å². The van der Waals surface area contributed by atoms with Crippen LogP contribution in [0.1, 0.15) is 30.5 Å². The molecule has 2 fully saturated rings. The number of urea groups is 1. The zero-order valence-electron chi connectivity index (χ0n) is 12.0. The second kappa shape index (κ2) is 6.40. The molecule has 0 aromatic carbocycles. The summed E-state index contributed by atoms with van der Waals surface area (Å²) in [4.78, 5) is 19.6. The number of carbonyl (C=O) groups is 1. The van der Waals surface area contributed by atoms with E-state index < -0.39 is 0 Å². The zero-order chi connectivity index (χ0) is 14.7. The summed E-state index contributed by atoms with van der Waals surface area (Å²) in [5.74, 6) is 1.41. The zero-order valence-corrected chi connectivity index (χ0v) is 12.0. The maximum atomic E-state index is 11.3. The van der Waals surface area contributed by atoms with Crippen molar-refractivity contribution < 1.29 is 14.1 Å². The number of carbonyl (C=O) groups excluding carboxylic acids is 1. The molecule has 116 valence electrons. The molecule has 2 N–H and O–H groups in total. The van der Waals surface area contributed by atoms with Crippen molar-refractivity contribution in [1.82, 2.24) is 19.9 Å². The number of piperidine rings is 1. The van der Waals surface area contributed by atoms with Crippen LogP contribution in [0.25, 0.3) is 0 Å². The van der Waals surface area contributed by atoms with Gasteiger partial charge < -0.3 is 19.9 Å². The predicted octanol–water partition coefficient (Wildman–Crippen LogP) is 0.160.